The van der Waals surface area contributed by atoms with Crippen molar-refractivity contribution in [3.63, 3.8) is 0 Å². The van der Waals surface area contributed by atoms with E-state index in [1.165, 1.54) is 0 Å². The molecule has 0 saturated heterocycles. The average molecular weight is 370 g/mol. The molecule has 1 aromatic rings. The highest BCUT2D eigenvalue weighted by atomic mass is 19.3. The lowest BCUT2D eigenvalue weighted by atomic mass is 9.82. The maximum absolute atomic E-state index is 13.3. The molecule has 144 valence electrons. The molecule has 2 rings (SSSR count). The van der Waals surface area contributed by atoms with Crippen LogP contribution in [0.15, 0.2) is 30.3 Å². The van der Waals surface area contributed by atoms with Crippen LogP contribution < -0.4 is 11.1 Å². The van der Waals surface area contributed by atoms with Gasteiger partial charge in [0.15, 0.2) is 0 Å². The number of carbonyl (C=O) groups excluding carboxylic acids is 1. The van der Waals surface area contributed by atoms with Crippen molar-refractivity contribution in [3.8, 4) is 0 Å². The molecule has 0 aliphatic heterocycles. The largest absolute Gasteiger partial charge is 0.480 e. The zero-order valence-corrected chi connectivity index (χ0v) is 14.3. The molecule has 0 spiro atoms. The van der Waals surface area contributed by atoms with Crippen LogP contribution in [0, 0.1) is 5.92 Å². The van der Waals surface area contributed by atoms with Gasteiger partial charge >= 0.3 is 5.97 Å². The SMILES string of the molecule is N[C@H](Cc1ccccc1)[C@H](O)C(=O)N[C@H](C(=O)O)C1CCC(F)(F)CC1. The van der Waals surface area contributed by atoms with Crippen molar-refractivity contribution < 1.29 is 28.6 Å². The predicted octanol–water partition coefficient (Wildman–Crippen LogP) is 1.31. The summed E-state index contributed by atoms with van der Waals surface area (Å²) in [7, 11) is 0. The Morgan fingerprint density at radius 2 is 1.81 bits per heavy atom. The molecule has 26 heavy (non-hydrogen) atoms. The highest BCUT2D eigenvalue weighted by molar-refractivity contribution is 5.86. The normalized spacial score (nSPS) is 20.8. The van der Waals surface area contributed by atoms with Crippen LogP contribution in [0.25, 0.3) is 0 Å². The number of carbonyl (C=O) groups is 2. The second kappa shape index (κ2) is 8.55. The highest BCUT2D eigenvalue weighted by Gasteiger charge is 2.41. The van der Waals surface area contributed by atoms with Gasteiger partial charge in [-0.05, 0) is 30.7 Å². The topological polar surface area (TPSA) is 113 Å². The number of nitrogens with two attached hydrogens (primary N) is 1. The average Bonchev–Trinajstić information content (AvgIpc) is 2.59. The summed E-state index contributed by atoms with van der Waals surface area (Å²) in [5.74, 6) is -5.61. The Balaban J connectivity index is 1.95. The fraction of sp³-hybridized carbons (Fsp3) is 0.556. The summed E-state index contributed by atoms with van der Waals surface area (Å²) < 4.78 is 26.5. The van der Waals surface area contributed by atoms with E-state index in [1.54, 1.807) is 24.3 Å². The third kappa shape index (κ3) is 5.47. The van der Waals surface area contributed by atoms with E-state index in [1.807, 2.05) is 6.07 Å². The Hall–Kier alpha value is -2.06. The fourth-order valence-electron chi connectivity index (χ4n) is 3.21. The molecule has 5 N–H and O–H groups in total. The molecule has 0 heterocycles. The van der Waals surface area contributed by atoms with Crippen molar-refractivity contribution in [1.29, 1.82) is 0 Å². The number of hydrogen-bond acceptors (Lipinski definition) is 4. The van der Waals surface area contributed by atoms with E-state index in [0.29, 0.717) is 0 Å². The molecule has 0 bridgehead atoms. The second-order valence-corrected chi connectivity index (χ2v) is 6.82. The van der Waals surface area contributed by atoms with Gasteiger partial charge in [-0.3, -0.25) is 4.79 Å². The molecule has 1 fully saturated rings. The third-order valence-corrected chi connectivity index (χ3v) is 4.79. The first-order chi connectivity index (χ1) is 12.2. The van der Waals surface area contributed by atoms with Gasteiger partial charge in [0, 0.05) is 18.9 Å². The van der Waals surface area contributed by atoms with E-state index in [4.69, 9.17) is 5.73 Å². The van der Waals surface area contributed by atoms with Crippen LogP contribution in [0.3, 0.4) is 0 Å². The van der Waals surface area contributed by atoms with Crippen molar-refractivity contribution in [2.45, 2.75) is 56.2 Å². The predicted molar refractivity (Wildman–Crippen MR) is 90.6 cm³/mol. The third-order valence-electron chi connectivity index (χ3n) is 4.79. The van der Waals surface area contributed by atoms with Crippen molar-refractivity contribution in [1.82, 2.24) is 5.32 Å². The number of nitrogens with one attached hydrogen (secondary N) is 1. The number of halogens is 2. The Bertz CT molecular complexity index is 617. The number of benzene rings is 1. The lowest BCUT2D eigenvalue weighted by Crippen LogP contribution is -2.54. The molecule has 6 nitrogen and oxygen atoms in total. The van der Waals surface area contributed by atoms with Gasteiger partial charge in [-0.15, -0.1) is 0 Å². The van der Waals surface area contributed by atoms with Crippen LogP contribution >= 0.6 is 0 Å². The van der Waals surface area contributed by atoms with E-state index < -0.39 is 54.7 Å². The van der Waals surface area contributed by atoms with Crippen LogP contribution in [0.1, 0.15) is 31.2 Å². The molecule has 1 aromatic carbocycles. The maximum atomic E-state index is 13.3. The van der Waals surface area contributed by atoms with E-state index >= 15 is 0 Å². The van der Waals surface area contributed by atoms with Crippen molar-refractivity contribution in [2.24, 2.45) is 11.7 Å². The highest BCUT2D eigenvalue weighted by Crippen LogP contribution is 2.37. The van der Waals surface area contributed by atoms with Crippen LogP contribution in [0.5, 0.6) is 0 Å². The quantitative estimate of drug-likeness (QED) is 0.578. The van der Waals surface area contributed by atoms with Gasteiger partial charge in [-0.1, -0.05) is 30.3 Å². The van der Waals surface area contributed by atoms with E-state index in [2.05, 4.69) is 5.32 Å². The van der Waals surface area contributed by atoms with Gasteiger partial charge in [0.2, 0.25) is 5.92 Å². The number of aliphatic carboxylic acids is 1. The number of carboxylic acids is 1. The molecule has 1 aliphatic carbocycles. The minimum absolute atomic E-state index is 0.00356. The van der Waals surface area contributed by atoms with Crippen LogP contribution in [0.2, 0.25) is 0 Å². The van der Waals surface area contributed by atoms with Gasteiger partial charge in [0.05, 0.1) is 0 Å². The number of aliphatic hydroxyl groups excluding tert-OH is 1. The van der Waals surface area contributed by atoms with Crippen LogP contribution in [0.4, 0.5) is 8.78 Å². The standard InChI is InChI=1S/C18H24F2N2O4/c19-18(20)8-6-12(7-9-18)14(17(25)26)22-16(24)15(23)13(21)10-11-4-2-1-3-5-11/h1-5,12-15,23H,6-10,21H2,(H,22,24)(H,25,26)/t13-,14+,15+/m1/s1. The molecule has 0 aromatic heterocycles. The fourth-order valence-corrected chi connectivity index (χ4v) is 3.21. The summed E-state index contributed by atoms with van der Waals surface area (Å²) in [4.78, 5) is 23.7. The van der Waals surface area contributed by atoms with Gasteiger partial charge in [-0.25, -0.2) is 13.6 Å². The molecule has 8 heteroatoms. The summed E-state index contributed by atoms with van der Waals surface area (Å²) in [6.45, 7) is 0. The van der Waals surface area contributed by atoms with E-state index in [0.717, 1.165) is 5.56 Å². The first-order valence-corrected chi connectivity index (χ1v) is 8.58. The smallest absolute Gasteiger partial charge is 0.326 e. The van der Waals surface area contributed by atoms with Gasteiger partial charge in [-0.2, -0.15) is 0 Å². The van der Waals surface area contributed by atoms with Gasteiger partial charge < -0.3 is 21.3 Å². The molecule has 1 aliphatic rings. The van der Waals surface area contributed by atoms with Crippen molar-refractivity contribution in [3.05, 3.63) is 35.9 Å². The molecule has 0 radical (unpaired) electrons. The zero-order valence-electron chi connectivity index (χ0n) is 14.3. The Labute approximate surface area is 150 Å². The summed E-state index contributed by atoms with van der Waals surface area (Å²) in [6, 6.07) is 6.78. The van der Waals surface area contributed by atoms with E-state index in [9.17, 15) is 28.6 Å². The Morgan fingerprint density at radius 1 is 1.23 bits per heavy atom. The minimum Gasteiger partial charge on any atom is -0.480 e. The van der Waals surface area contributed by atoms with Gasteiger partial charge in [0.1, 0.15) is 12.1 Å². The first-order valence-electron chi connectivity index (χ1n) is 8.58. The molecular formula is C18H24F2N2O4. The van der Waals surface area contributed by atoms with Crippen molar-refractivity contribution >= 4 is 11.9 Å². The molecule has 3 atom stereocenters. The molecule has 1 saturated carbocycles. The second-order valence-electron chi connectivity index (χ2n) is 6.82. The monoisotopic (exact) mass is 370 g/mol. The number of rotatable bonds is 7. The first kappa shape index (κ1) is 20.3. The lowest BCUT2D eigenvalue weighted by molar-refractivity contribution is -0.147. The summed E-state index contributed by atoms with van der Waals surface area (Å²) in [5, 5.41) is 21.7. The maximum Gasteiger partial charge on any atom is 0.326 e. The summed E-state index contributed by atoms with van der Waals surface area (Å²) in [6.07, 6.45) is -2.18. The summed E-state index contributed by atoms with van der Waals surface area (Å²) >= 11 is 0. The Kier molecular flexibility index (Phi) is 6.66. The summed E-state index contributed by atoms with van der Waals surface area (Å²) in [5.41, 5.74) is 6.69. The van der Waals surface area contributed by atoms with Gasteiger partial charge in [0.25, 0.3) is 5.91 Å². The number of hydrogen-bond donors (Lipinski definition) is 4. The minimum atomic E-state index is -2.79. The Morgan fingerprint density at radius 3 is 2.35 bits per heavy atom. The zero-order chi connectivity index (χ0) is 19.3. The molecule has 1 amide bonds. The lowest BCUT2D eigenvalue weighted by Gasteiger charge is -2.32. The van der Waals surface area contributed by atoms with E-state index in [-0.39, 0.29) is 19.3 Å². The number of aliphatic hydroxyl groups is 1. The van der Waals surface area contributed by atoms with Crippen molar-refractivity contribution in [2.75, 3.05) is 0 Å². The number of amides is 1. The number of carboxylic acid groups (broad SMARTS) is 1. The van der Waals surface area contributed by atoms with Crippen LogP contribution in [-0.2, 0) is 16.0 Å². The molecular weight excluding hydrogens is 346 g/mol. The van der Waals surface area contributed by atoms with Crippen LogP contribution in [-0.4, -0.2) is 46.2 Å². The number of alkyl halides is 2. The molecule has 0 unspecified atom stereocenters.